The minimum absolute atomic E-state index is 0.0852. The van der Waals surface area contributed by atoms with Gasteiger partial charge in [0.15, 0.2) is 0 Å². The van der Waals surface area contributed by atoms with Gasteiger partial charge in [-0.3, -0.25) is 9.59 Å². The molecule has 0 aliphatic carbocycles. The zero-order chi connectivity index (χ0) is 23.9. The van der Waals surface area contributed by atoms with Crippen LogP contribution in [0.3, 0.4) is 0 Å². The lowest BCUT2D eigenvalue weighted by Gasteiger charge is -2.22. The molecule has 2 amide bonds. The van der Waals surface area contributed by atoms with Crippen LogP contribution in [-0.4, -0.2) is 33.9 Å². The van der Waals surface area contributed by atoms with Crippen molar-refractivity contribution in [3.8, 4) is 11.4 Å². The van der Waals surface area contributed by atoms with E-state index in [1.807, 2.05) is 30.3 Å². The highest BCUT2D eigenvalue weighted by molar-refractivity contribution is 6.30. The molecule has 8 nitrogen and oxygen atoms in total. The van der Waals surface area contributed by atoms with Crippen LogP contribution in [0.15, 0.2) is 75.9 Å². The standard InChI is InChI=1S/C25H23ClN4O4/c1-27-25(32)19-6-4-17(5-7-19)15-30(16-21-3-2-14-33-21)23(31)13-12-22-28-24(29-34-22)18-8-10-20(26)11-9-18/h2-11,14H,12-13,15-16H2,1H3,(H,27,32). The Kier molecular flexibility index (Phi) is 7.39. The van der Waals surface area contributed by atoms with Gasteiger partial charge in [-0.05, 0) is 54.1 Å². The molecule has 0 unspecified atom stereocenters. The van der Waals surface area contributed by atoms with E-state index in [9.17, 15) is 9.59 Å². The normalized spacial score (nSPS) is 10.8. The number of rotatable bonds is 9. The van der Waals surface area contributed by atoms with Crippen molar-refractivity contribution in [2.24, 2.45) is 0 Å². The van der Waals surface area contributed by atoms with E-state index in [0.717, 1.165) is 11.1 Å². The molecule has 4 rings (SSSR count). The molecule has 0 radical (unpaired) electrons. The van der Waals surface area contributed by atoms with Crippen LogP contribution < -0.4 is 5.32 Å². The summed E-state index contributed by atoms with van der Waals surface area (Å²) in [6.45, 7) is 0.691. The highest BCUT2D eigenvalue weighted by Gasteiger charge is 2.18. The van der Waals surface area contributed by atoms with Crippen molar-refractivity contribution >= 4 is 23.4 Å². The number of carbonyl (C=O) groups is 2. The largest absolute Gasteiger partial charge is 0.467 e. The van der Waals surface area contributed by atoms with Crippen molar-refractivity contribution < 1.29 is 18.5 Å². The van der Waals surface area contributed by atoms with Gasteiger partial charge in [0.2, 0.25) is 17.6 Å². The lowest BCUT2D eigenvalue weighted by molar-refractivity contribution is -0.132. The van der Waals surface area contributed by atoms with Crippen LogP contribution in [0, 0.1) is 0 Å². The number of furan rings is 1. The fraction of sp³-hybridized carbons (Fsp3) is 0.200. The van der Waals surface area contributed by atoms with Gasteiger partial charge in [0, 0.05) is 42.6 Å². The van der Waals surface area contributed by atoms with Crippen LogP contribution in [0.4, 0.5) is 0 Å². The summed E-state index contributed by atoms with van der Waals surface area (Å²) in [4.78, 5) is 31.0. The van der Waals surface area contributed by atoms with Gasteiger partial charge in [-0.25, -0.2) is 0 Å². The van der Waals surface area contributed by atoms with Crippen LogP contribution in [-0.2, 0) is 24.3 Å². The lowest BCUT2D eigenvalue weighted by Crippen LogP contribution is -2.30. The molecule has 2 heterocycles. The molecule has 0 spiro atoms. The van der Waals surface area contributed by atoms with Crippen molar-refractivity contribution in [2.45, 2.75) is 25.9 Å². The first-order valence-corrected chi connectivity index (χ1v) is 11.1. The number of hydrogen-bond donors (Lipinski definition) is 1. The smallest absolute Gasteiger partial charge is 0.251 e. The number of aryl methyl sites for hydroxylation is 1. The van der Waals surface area contributed by atoms with Gasteiger partial charge in [-0.2, -0.15) is 4.98 Å². The van der Waals surface area contributed by atoms with Gasteiger partial charge in [0.25, 0.3) is 5.91 Å². The molecule has 9 heteroatoms. The van der Waals surface area contributed by atoms with Crippen LogP contribution in [0.2, 0.25) is 5.02 Å². The number of halogens is 1. The summed E-state index contributed by atoms with van der Waals surface area (Å²) in [5.74, 6) is 1.26. The third kappa shape index (κ3) is 5.90. The third-order valence-electron chi connectivity index (χ3n) is 5.22. The Hall–Kier alpha value is -3.91. The summed E-state index contributed by atoms with van der Waals surface area (Å²) in [6.07, 6.45) is 2.08. The Bertz CT molecular complexity index is 1230. The Balaban J connectivity index is 1.42. The minimum Gasteiger partial charge on any atom is -0.467 e. The maximum atomic E-state index is 13.1. The van der Waals surface area contributed by atoms with Crippen molar-refractivity contribution in [1.82, 2.24) is 20.4 Å². The fourth-order valence-corrected chi connectivity index (χ4v) is 3.52. The van der Waals surface area contributed by atoms with Crippen LogP contribution in [0.5, 0.6) is 0 Å². The summed E-state index contributed by atoms with van der Waals surface area (Å²) >= 11 is 5.92. The molecule has 34 heavy (non-hydrogen) atoms. The van der Waals surface area contributed by atoms with E-state index in [0.29, 0.717) is 47.6 Å². The fourth-order valence-electron chi connectivity index (χ4n) is 3.39. The first-order valence-electron chi connectivity index (χ1n) is 10.7. The summed E-state index contributed by atoms with van der Waals surface area (Å²) in [5, 5.41) is 7.21. The molecule has 2 aromatic carbocycles. The number of hydrogen-bond acceptors (Lipinski definition) is 6. The van der Waals surface area contributed by atoms with Crippen molar-refractivity contribution in [3.63, 3.8) is 0 Å². The predicted molar refractivity (Wildman–Crippen MR) is 126 cm³/mol. The predicted octanol–water partition coefficient (Wildman–Crippen LogP) is 4.50. The summed E-state index contributed by atoms with van der Waals surface area (Å²) in [7, 11) is 1.59. The lowest BCUT2D eigenvalue weighted by atomic mass is 10.1. The molecule has 0 saturated carbocycles. The van der Waals surface area contributed by atoms with E-state index >= 15 is 0 Å². The van der Waals surface area contributed by atoms with E-state index in [2.05, 4.69) is 15.5 Å². The second-order valence-electron chi connectivity index (χ2n) is 7.62. The highest BCUT2D eigenvalue weighted by atomic mass is 35.5. The maximum absolute atomic E-state index is 13.1. The van der Waals surface area contributed by atoms with E-state index in [4.69, 9.17) is 20.5 Å². The maximum Gasteiger partial charge on any atom is 0.251 e. The highest BCUT2D eigenvalue weighted by Crippen LogP contribution is 2.20. The van der Waals surface area contributed by atoms with Gasteiger partial charge in [0.1, 0.15) is 5.76 Å². The van der Waals surface area contributed by atoms with Gasteiger partial charge in [0.05, 0.1) is 12.8 Å². The average Bonchev–Trinajstić information content (AvgIpc) is 3.55. The number of nitrogens with zero attached hydrogens (tertiary/aromatic N) is 3. The van der Waals surface area contributed by atoms with Crippen LogP contribution >= 0.6 is 11.6 Å². The molecule has 1 N–H and O–H groups in total. The molecule has 4 aromatic rings. The van der Waals surface area contributed by atoms with E-state index in [1.165, 1.54) is 0 Å². The Morgan fingerprint density at radius 3 is 2.47 bits per heavy atom. The molecule has 0 saturated heterocycles. The van der Waals surface area contributed by atoms with Gasteiger partial charge >= 0.3 is 0 Å². The van der Waals surface area contributed by atoms with E-state index in [-0.39, 0.29) is 18.2 Å². The van der Waals surface area contributed by atoms with Crippen molar-refractivity contribution in [2.75, 3.05) is 7.05 Å². The molecule has 0 atom stereocenters. The topological polar surface area (TPSA) is 101 Å². The Morgan fingerprint density at radius 1 is 1.03 bits per heavy atom. The quantitative estimate of drug-likeness (QED) is 0.380. The number of nitrogens with one attached hydrogen (secondary N) is 1. The molecule has 0 aliphatic rings. The summed E-state index contributed by atoms with van der Waals surface area (Å²) in [5.41, 5.74) is 2.24. The minimum atomic E-state index is -0.160. The van der Waals surface area contributed by atoms with Crippen LogP contribution in [0.1, 0.15) is 34.0 Å². The molecular formula is C25H23ClN4O4. The molecule has 174 valence electrons. The molecule has 0 aliphatic heterocycles. The van der Waals surface area contributed by atoms with Crippen molar-refractivity contribution in [1.29, 1.82) is 0 Å². The first-order chi connectivity index (χ1) is 16.5. The summed E-state index contributed by atoms with van der Waals surface area (Å²) < 4.78 is 10.8. The second kappa shape index (κ2) is 10.8. The molecule has 2 aromatic heterocycles. The van der Waals surface area contributed by atoms with Gasteiger partial charge < -0.3 is 19.2 Å². The second-order valence-corrected chi connectivity index (χ2v) is 8.06. The SMILES string of the molecule is CNC(=O)c1ccc(CN(Cc2ccco2)C(=O)CCc2nc(-c3ccc(Cl)cc3)no2)cc1. The monoisotopic (exact) mass is 478 g/mol. The number of aromatic nitrogens is 2. The number of benzene rings is 2. The molecule has 0 fully saturated rings. The van der Waals surface area contributed by atoms with Gasteiger partial charge in [-0.15, -0.1) is 0 Å². The molecule has 0 bridgehead atoms. The Morgan fingerprint density at radius 2 is 1.79 bits per heavy atom. The zero-order valence-corrected chi connectivity index (χ0v) is 19.3. The Labute approximate surface area is 201 Å². The first kappa shape index (κ1) is 23.3. The van der Waals surface area contributed by atoms with E-state index in [1.54, 1.807) is 48.5 Å². The summed E-state index contributed by atoms with van der Waals surface area (Å²) in [6, 6.07) is 17.9. The average molecular weight is 479 g/mol. The number of amides is 2. The van der Waals surface area contributed by atoms with Crippen molar-refractivity contribution in [3.05, 3.63) is 94.7 Å². The third-order valence-corrected chi connectivity index (χ3v) is 5.47. The van der Waals surface area contributed by atoms with E-state index < -0.39 is 0 Å². The van der Waals surface area contributed by atoms with Gasteiger partial charge in [-0.1, -0.05) is 28.9 Å². The molecular weight excluding hydrogens is 456 g/mol. The van der Waals surface area contributed by atoms with Crippen LogP contribution in [0.25, 0.3) is 11.4 Å². The number of carbonyl (C=O) groups excluding carboxylic acids is 2. The zero-order valence-electron chi connectivity index (χ0n) is 18.5.